The third-order valence-corrected chi connectivity index (χ3v) is 1.70. The van der Waals surface area contributed by atoms with E-state index in [-0.39, 0.29) is 0 Å². The molecule has 0 bridgehead atoms. The third kappa shape index (κ3) is 12.1. The maximum Gasteiger partial charge on any atom is 0.0761 e. The second kappa shape index (κ2) is 13.1. The molecule has 0 spiro atoms. The van der Waals surface area contributed by atoms with Crippen LogP contribution in [0.3, 0.4) is 0 Å². The molecular formula is C15H18O. The van der Waals surface area contributed by atoms with E-state index in [9.17, 15) is 0 Å². The average molecular weight is 214 g/mol. The molecule has 0 rings (SSSR count). The highest BCUT2D eigenvalue weighted by atomic mass is 16.2. The van der Waals surface area contributed by atoms with Crippen molar-refractivity contribution in [1.82, 2.24) is 0 Å². The largest absolute Gasteiger partial charge is 0.516 e. The number of aliphatic hydroxyl groups is 1. The van der Waals surface area contributed by atoms with E-state index in [1.807, 2.05) is 12.2 Å². The second-order valence-corrected chi connectivity index (χ2v) is 3.09. The lowest BCUT2D eigenvalue weighted by Gasteiger charge is -1.84. The topological polar surface area (TPSA) is 20.2 Å². The van der Waals surface area contributed by atoms with Crippen LogP contribution in [0.25, 0.3) is 0 Å². The van der Waals surface area contributed by atoms with Crippen LogP contribution in [0.2, 0.25) is 0 Å². The van der Waals surface area contributed by atoms with Crippen LogP contribution >= 0.6 is 0 Å². The fourth-order valence-corrected chi connectivity index (χ4v) is 0.885. The van der Waals surface area contributed by atoms with E-state index in [0.717, 1.165) is 12.7 Å². The van der Waals surface area contributed by atoms with Gasteiger partial charge in [0.05, 0.1) is 6.26 Å². The summed E-state index contributed by atoms with van der Waals surface area (Å²) in [4.78, 5) is 0. The maximum atomic E-state index is 8.32. The van der Waals surface area contributed by atoms with Gasteiger partial charge in [0, 0.05) is 6.42 Å². The van der Waals surface area contributed by atoms with Gasteiger partial charge in [-0.15, -0.1) is 0 Å². The van der Waals surface area contributed by atoms with Gasteiger partial charge >= 0.3 is 0 Å². The molecule has 16 heavy (non-hydrogen) atoms. The van der Waals surface area contributed by atoms with Crippen LogP contribution in [-0.2, 0) is 0 Å². The molecule has 0 unspecified atom stereocenters. The number of rotatable bonds is 5. The fraction of sp³-hybridized carbons (Fsp3) is 0.333. The standard InChI is InChI=1S/C15H18O/c1-2-3-4-5-6-7-8-9-10-11-12-13-14-15-16/h5-8,14-16H,2-4,13H2,1H3/b6-5+,8-7-,15-14-. The molecule has 0 aliphatic heterocycles. The number of unbranched alkanes of at least 4 members (excludes halogenated alkanes) is 2. The first-order chi connectivity index (χ1) is 7.91. The van der Waals surface area contributed by atoms with Gasteiger partial charge in [0.1, 0.15) is 0 Å². The normalized spacial score (nSPS) is 10.3. The number of aliphatic hydroxyl groups excluding tert-OH is 1. The Morgan fingerprint density at radius 1 is 1.12 bits per heavy atom. The van der Waals surface area contributed by atoms with Crippen molar-refractivity contribution in [3.05, 3.63) is 36.6 Å². The van der Waals surface area contributed by atoms with Crippen LogP contribution in [0, 0.1) is 23.7 Å². The second-order valence-electron chi connectivity index (χ2n) is 3.09. The molecule has 0 saturated carbocycles. The first kappa shape index (κ1) is 14.1. The van der Waals surface area contributed by atoms with E-state index in [1.54, 1.807) is 12.2 Å². The van der Waals surface area contributed by atoms with Crippen molar-refractivity contribution >= 4 is 0 Å². The Balaban J connectivity index is 3.68. The lowest BCUT2D eigenvalue weighted by molar-refractivity contribution is 0.472. The minimum Gasteiger partial charge on any atom is -0.516 e. The van der Waals surface area contributed by atoms with Gasteiger partial charge in [0.2, 0.25) is 0 Å². The van der Waals surface area contributed by atoms with Crippen LogP contribution < -0.4 is 0 Å². The summed E-state index contributed by atoms with van der Waals surface area (Å²) in [6.45, 7) is 2.18. The van der Waals surface area contributed by atoms with Gasteiger partial charge in [0.15, 0.2) is 0 Å². The lowest BCUT2D eigenvalue weighted by atomic mass is 10.2. The summed E-state index contributed by atoms with van der Waals surface area (Å²) in [6, 6.07) is 0. The number of hydrogen-bond donors (Lipinski definition) is 1. The molecule has 0 aliphatic carbocycles. The van der Waals surface area contributed by atoms with Crippen molar-refractivity contribution in [2.75, 3.05) is 0 Å². The Kier molecular flexibility index (Phi) is 11.6. The van der Waals surface area contributed by atoms with Crippen molar-refractivity contribution in [3.8, 4) is 23.7 Å². The zero-order chi connectivity index (χ0) is 11.9. The molecule has 0 heterocycles. The highest BCUT2D eigenvalue weighted by Crippen LogP contribution is 1.94. The molecule has 0 aliphatic rings. The molecule has 0 fully saturated rings. The zero-order valence-electron chi connectivity index (χ0n) is 9.74. The van der Waals surface area contributed by atoms with Crippen molar-refractivity contribution in [2.45, 2.75) is 32.6 Å². The Labute approximate surface area is 98.6 Å². The fourth-order valence-electron chi connectivity index (χ4n) is 0.885. The molecule has 1 N–H and O–H groups in total. The van der Waals surface area contributed by atoms with Crippen LogP contribution in [0.4, 0.5) is 0 Å². The minimum atomic E-state index is 0.534. The smallest absolute Gasteiger partial charge is 0.0761 e. The summed E-state index contributed by atoms with van der Waals surface area (Å²) in [5.74, 6) is 11.0. The maximum absolute atomic E-state index is 8.32. The van der Waals surface area contributed by atoms with Crippen molar-refractivity contribution in [1.29, 1.82) is 0 Å². The predicted octanol–water partition coefficient (Wildman–Crippen LogP) is 3.76. The molecular weight excluding hydrogens is 196 g/mol. The lowest BCUT2D eigenvalue weighted by Crippen LogP contribution is -1.64. The van der Waals surface area contributed by atoms with Crippen molar-refractivity contribution in [2.24, 2.45) is 0 Å². The third-order valence-electron chi connectivity index (χ3n) is 1.70. The summed E-state index contributed by atoms with van der Waals surface area (Å²) in [6.07, 6.45) is 14.5. The molecule has 0 amide bonds. The minimum absolute atomic E-state index is 0.534. The van der Waals surface area contributed by atoms with E-state index in [0.29, 0.717) is 6.42 Å². The first-order valence-corrected chi connectivity index (χ1v) is 5.51. The van der Waals surface area contributed by atoms with Gasteiger partial charge in [-0.2, -0.15) is 0 Å². The summed E-state index contributed by atoms with van der Waals surface area (Å²) in [7, 11) is 0. The molecule has 0 atom stereocenters. The van der Waals surface area contributed by atoms with Crippen molar-refractivity contribution < 1.29 is 5.11 Å². The van der Waals surface area contributed by atoms with Gasteiger partial charge in [-0.3, -0.25) is 0 Å². The molecule has 1 heteroatoms. The predicted molar refractivity (Wildman–Crippen MR) is 69.7 cm³/mol. The van der Waals surface area contributed by atoms with Crippen LogP contribution in [0.5, 0.6) is 0 Å². The SMILES string of the molecule is CCCC/C=C/C=C\C#CC#CC/C=C\O. The molecule has 84 valence electrons. The highest BCUT2D eigenvalue weighted by molar-refractivity contribution is 5.32. The Morgan fingerprint density at radius 2 is 2.00 bits per heavy atom. The van der Waals surface area contributed by atoms with Gasteiger partial charge in [0.25, 0.3) is 0 Å². The highest BCUT2D eigenvalue weighted by Gasteiger charge is 1.74. The van der Waals surface area contributed by atoms with E-state index in [1.165, 1.54) is 12.8 Å². The summed E-state index contributed by atoms with van der Waals surface area (Å²) in [5.41, 5.74) is 0. The monoisotopic (exact) mass is 214 g/mol. The van der Waals surface area contributed by atoms with Crippen LogP contribution in [0.1, 0.15) is 32.6 Å². The zero-order valence-corrected chi connectivity index (χ0v) is 9.74. The van der Waals surface area contributed by atoms with Gasteiger partial charge in [-0.25, -0.2) is 0 Å². The molecule has 0 radical (unpaired) electrons. The van der Waals surface area contributed by atoms with E-state index >= 15 is 0 Å². The van der Waals surface area contributed by atoms with Crippen LogP contribution in [0.15, 0.2) is 36.6 Å². The van der Waals surface area contributed by atoms with E-state index in [2.05, 4.69) is 36.7 Å². The Bertz CT molecular complexity index is 350. The van der Waals surface area contributed by atoms with E-state index < -0.39 is 0 Å². The summed E-state index contributed by atoms with van der Waals surface area (Å²) in [5, 5.41) is 8.32. The summed E-state index contributed by atoms with van der Waals surface area (Å²) >= 11 is 0. The molecule has 1 nitrogen and oxygen atoms in total. The van der Waals surface area contributed by atoms with Gasteiger partial charge < -0.3 is 5.11 Å². The molecule has 0 aromatic heterocycles. The molecule has 0 saturated heterocycles. The number of allylic oxidation sites excluding steroid dienone is 5. The molecule has 0 aromatic carbocycles. The van der Waals surface area contributed by atoms with Gasteiger partial charge in [-0.05, 0) is 30.4 Å². The van der Waals surface area contributed by atoms with Crippen LogP contribution in [-0.4, -0.2) is 5.11 Å². The average Bonchev–Trinajstić information content (AvgIpc) is 2.31. The Morgan fingerprint density at radius 3 is 2.75 bits per heavy atom. The number of hydrogen-bond acceptors (Lipinski definition) is 1. The van der Waals surface area contributed by atoms with Gasteiger partial charge in [-0.1, -0.05) is 49.8 Å². The Hall–Kier alpha value is -1.86. The summed E-state index contributed by atoms with van der Waals surface area (Å²) < 4.78 is 0. The molecule has 0 aromatic rings. The van der Waals surface area contributed by atoms with Crippen molar-refractivity contribution in [3.63, 3.8) is 0 Å². The quantitative estimate of drug-likeness (QED) is 0.320. The van der Waals surface area contributed by atoms with E-state index in [4.69, 9.17) is 5.11 Å². The first-order valence-electron chi connectivity index (χ1n) is 5.51.